The first-order valence-electron chi connectivity index (χ1n) is 10.3. The lowest BCUT2D eigenvalue weighted by Gasteiger charge is -2.32. The summed E-state index contributed by atoms with van der Waals surface area (Å²) in [5.74, 6) is -0.873. The van der Waals surface area contributed by atoms with Gasteiger partial charge in [0.25, 0.3) is 5.91 Å². The third-order valence-electron chi connectivity index (χ3n) is 5.57. The number of aryl methyl sites for hydroxylation is 1. The lowest BCUT2D eigenvalue weighted by atomic mass is 10.0. The molecule has 0 saturated carbocycles. The number of fused-ring (bicyclic) bond motifs is 1. The van der Waals surface area contributed by atoms with Crippen LogP contribution in [-0.2, 0) is 11.3 Å². The minimum Gasteiger partial charge on any atom is -0.477 e. The maximum atomic E-state index is 14.3. The second kappa shape index (κ2) is 8.83. The van der Waals surface area contributed by atoms with Crippen LogP contribution in [-0.4, -0.2) is 52.2 Å². The Labute approximate surface area is 174 Å². The molecule has 2 aliphatic rings. The Morgan fingerprint density at radius 1 is 1.23 bits per heavy atom. The van der Waals surface area contributed by atoms with Gasteiger partial charge in [0.2, 0.25) is 11.8 Å². The molecule has 0 bridgehead atoms. The van der Waals surface area contributed by atoms with Crippen molar-refractivity contribution in [3.8, 4) is 5.88 Å². The average molecular weight is 415 g/mol. The van der Waals surface area contributed by atoms with Crippen LogP contribution >= 0.6 is 0 Å². The number of hydrogen-bond donors (Lipinski definition) is 2. The topological polar surface area (TPSA) is 88.5 Å². The SMILES string of the molecule is CC1CCCCN1CC(=O)Nc1ccc(F)c(NC(=O)c2cnn3c2OCCC3)c1. The van der Waals surface area contributed by atoms with Gasteiger partial charge in [-0.3, -0.25) is 14.5 Å². The van der Waals surface area contributed by atoms with Gasteiger partial charge < -0.3 is 15.4 Å². The lowest BCUT2D eigenvalue weighted by Crippen LogP contribution is -2.42. The minimum absolute atomic E-state index is 0.0140. The van der Waals surface area contributed by atoms with Crippen molar-refractivity contribution < 1.29 is 18.7 Å². The quantitative estimate of drug-likeness (QED) is 0.784. The van der Waals surface area contributed by atoms with Gasteiger partial charge in [-0.05, 0) is 44.5 Å². The van der Waals surface area contributed by atoms with E-state index in [0.717, 1.165) is 25.8 Å². The first-order chi connectivity index (χ1) is 14.5. The molecule has 1 atom stereocenters. The first kappa shape index (κ1) is 20.3. The molecule has 3 heterocycles. The van der Waals surface area contributed by atoms with E-state index in [9.17, 15) is 14.0 Å². The van der Waals surface area contributed by atoms with E-state index in [-0.39, 0.29) is 17.2 Å². The molecule has 0 spiro atoms. The fourth-order valence-electron chi connectivity index (χ4n) is 3.89. The molecule has 2 aliphatic heterocycles. The third-order valence-corrected chi connectivity index (χ3v) is 5.57. The van der Waals surface area contributed by atoms with E-state index in [2.05, 4.69) is 27.6 Å². The molecule has 0 aliphatic carbocycles. The molecule has 1 fully saturated rings. The van der Waals surface area contributed by atoms with Crippen LogP contribution in [0.1, 0.15) is 43.0 Å². The van der Waals surface area contributed by atoms with Crippen LogP contribution in [0, 0.1) is 5.82 Å². The molecule has 1 unspecified atom stereocenters. The third kappa shape index (κ3) is 4.46. The van der Waals surface area contributed by atoms with Crippen molar-refractivity contribution in [1.82, 2.24) is 14.7 Å². The normalized spacial score (nSPS) is 18.9. The monoisotopic (exact) mass is 415 g/mol. The van der Waals surface area contributed by atoms with Gasteiger partial charge >= 0.3 is 0 Å². The molecule has 160 valence electrons. The van der Waals surface area contributed by atoms with Crippen LogP contribution in [0.5, 0.6) is 5.88 Å². The molecule has 2 N–H and O–H groups in total. The number of benzene rings is 1. The molecule has 1 saturated heterocycles. The summed E-state index contributed by atoms with van der Waals surface area (Å²) in [6.45, 7) is 4.50. The fraction of sp³-hybridized carbons (Fsp3) is 0.476. The van der Waals surface area contributed by atoms with Gasteiger partial charge in [0.1, 0.15) is 11.4 Å². The summed E-state index contributed by atoms with van der Waals surface area (Å²) in [5, 5.41) is 9.49. The van der Waals surface area contributed by atoms with E-state index < -0.39 is 11.7 Å². The fourth-order valence-corrected chi connectivity index (χ4v) is 3.89. The predicted molar refractivity (Wildman–Crippen MR) is 110 cm³/mol. The summed E-state index contributed by atoms with van der Waals surface area (Å²) in [4.78, 5) is 27.2. The van der Waals surface area contributed by atoms with Crippen LogP contribution in [0.15, 0.2) is 24.4 Å². The molecule has 0 radical (unpaired) electrons. The highest BCUT2D eigenvalue weighted by Crippen LogP contribution is 2.25. The number of amides is 2. The van der Waals surface area contributed by atoms with Crippen molar-refractivity contribution in [3.63, 3.8) is 0 Å². The largest absolute Gasteiger partial charge is 0.477 e. The molecule has 1 aromatic carbocycles. The molecular formula is C21H26FN5O3. The van der Waals surface area contributed by atoms with Gasteiger partial charge in [-0.2, -0.15) is 5.10 Å². The van der Waals surface area contributed by atoms with E-state index >= 15 is 0 Å². The number of rotatable bonds is 5. The van der Waals surface area contributed by atoms with E-state index in [1.54, 1.807) is 4.68 Å². The summed E-state index contributed by atoms with van der Waals surface area (Å²) in [6.07, 6.45) is 5.60. The van der Waals surface area contributed by atoms with Crippen molar-refractivity contribution in [2.24, 2.45) is 0 Å². The first-order valence-corrected chi connectivity index (χ1v) is 10.3. The zero-order valence-electron chi connectivity index (χ0n) is 17.0. The van der Waals surface area contributed by atoms with E-state index in [1.807, 2.05) is 0 Å². The Morgan fingerprint density at radius 2 is 2.10 bits per heavy atom. The average Bonchev–Trinajstić information content (AvgIpc) is 3.16. The number of anilines is 2. The number of nitrogens with zero attached hydrogens (tertiary/aromatic N) is 3. The molecular weight excluding hydrogens is 389 g/mol. The smallest absolute Gasteiger partial charge is 0.262 e. The van der Waals surface area contributed by atoms with Gasteiger partial charge in [0, 0.05) is 24.7 Å². The van der Waals surface area contributed by atoms with Crippen molar-refractivity contribution in [2.45, 2.75) is 45.2 Å². The number of carbonyl (C=O) groups is 2. The highest BCUT2D eigenvalue weighted by Gasteiger charge is 2.23. The highest BCUT2D eigenvalue weighted by atomic mass is 19.1. The lowest BCUT2D eigenvalue weighted by molar-refractivity contribution is -0.118. The zero-order valence-corrected chi connectivity index (χ0v) is 17.0. The van der Waals surface area contributed by atoms with Crippen LogP contribution in [0.4, 0.5) is 15.8 Å². The molecule has 8 nitrogen and oxygen atoms in total. The number of carbonyl (C=O) groups excluding carboxylic acids is 2. The molecule has 1 aromatic heterocycles. The van der Waals surface area contributed by atoms with E-state index in [0.29, 0.717) is 37.3 Å². The molecule has 30 heavy (non-hydrogen) atoms. The Morgan fingerprint density at radius 3 is 2.93 bits per heavy atom. The summed E-state index contributed by atoms with van der Waals surface area (Å²) in [6, 6.07) is 4.49. The molecule has 2 aromatic rings. The number of hydrogen-bond acceptors (Lipinski definition) is 5. The van der Waals surface area contributed by atoms with Gasteiger partial charge in [-0.1, -0.05) is 6.42 Å². The summed E-state index contributed by atoms with van der Waals surface area (Å²) in [5.41, 5.74) is 0.664. The van der Waals surface area contributed by atoms with Crippen molar-refractivity contribution >= 4 is 23.2 Å². The Hall–Kier alpha value is -2.94. The van der Waals surface area contributed by atoms with Crippen molar-refractivity contribution in [3.05, 3.63) is 35.8 Å². The Kier molecular flexibility index (Phi) is 5.98. The molecule has 9 heteroatoms. The van der Waals surface area contributed by atoms with Gasteiger partial charge in [-0.15, -0.1) is 0 Å². The standard InChI is InChI=1S/C21H26FN5O3/c1-14-5-2-3-8-26(14)13-19(28)24-15-6-7-17(22)18(11-15)25-20(29)16-12-23-27-9-4-10-30-21(16)27/h6-7,11-12,14H,2-5,8-10,13H2,1H3,(H,24,28)(H,25,29). The van der Waals surface area contributed by atoms with Crippen molar-refractivity contribution in [1.29, 1.82) is 0 Å². The van der Waals surface area contributed by atoms with Gasteiger partial charge in [0.15, 0.2) is 0 Å². The number of nitrogens with one attached hydrogen (secondary N) is 2. The highest BCUT2D eigenvalue weighted by molar-refractivity contribution is 6.06. The van der Waals surface area contributed by atoms with E-state index in [1.165, 1.54) is 30.8 Å². The number of aromatic nitrogens is 2. The molecule has 2 amide bonds. The zero-order chi connectivity index (χ0) is 21.1. The number of likely N-dealkylation sites (tertiary alicyclic amines) is 1. The number of piperidine rings is 1. The van der Waals surface area contributed by atoms with Crippen LogP contribution in [0.25, 0.3) is 0 Å². The predicted octanol–water partition coefficient (Wildman–Crippen LogP) is 2.87. The number of halogens is 1. The van der Waals surface area contributed by atoms with Crippen LogP contribution in [0.3, 0.4) is 0 Å². The Bertz CT molecular complexity index is 945. The second-order valence-electron chi connectivity index (χ2n) is 7.80. The maximum Gasteiger partial charge on any atom is 0.262 e. The molecule has 4 rings (SSSR count). The number of ether oxygens (including phenoxy) is 1. The Balaban J connectivity index is 1.42. The van der Waals surface area contributed by atoms with Crippen molar-refractivity contribution in [2.75, 3.05) is 30.3 Å². The van der Waals surface area contributed by atoms with Crippen LogP contribution < -0.4 is 15.4 Å². The van der Waals surface area contributed by atoms with E-state index in [4.69, 9.17) is 4.74 Å². The van der Waals surface area contributed by atoms with Crippen LogP contribution in [0.2, 0.25) is 0 Å². The summed E-state index contributed by atoms with van der Waals surface area (Å²) >= 11 is 0. The van der Waals surface area contributed by atoms with Gasteiger partial charge in [-0.25, -0.2) is 9.07 Å². The second-order valence-corrected chi connectivity index (χ2v) is 7.80. The summed E-state index contributed by atoms with van der Waals surface area (Å²) < 4.78 is 21.4. The minimum atomic E-state index is -0.590. The summed E-state index contributed by atoms with van der Waals surface area (Å²) in [7, 11) is 0. The van der Waals surface area contributed by atoms with Gasteiger partial charge in [0.05, 0.1) is 25.0 Å². The maximum absolute atomic E-state index is 14.3.